The van der Waals surface area contributed by atoms with Crippen LogP contribution in [0, 0.1) is 0 Å². The average Bonchev–Trinajstić information content (AvgIpc) is 2.26. The van der Waals surface area contributed by atoms with Gasteiger partial charge in [0.05, 0.1) is 19.3 Å². The van der Waals surface area contributed by atoms with Crippen LogP contribution in [0.4, 0.5) is 16.3 Å². The van der Waals surface area contributed by atoms with Crippen LogP contribution < -0.4 is 21.5 Å². The van der Waals surface area contributed by atoms with Crippen molar-refractivity contribution in [3.63, 3.8) is 0 Å². The Morgan fingerprint density at radius 2 is 2.31 bits per heavy atom. The van der Waals surface area contributed by atoms with E-state index < -0.39 is 6.09 Å². The van der Waals surface area contributed by atoms with E-state index in [9.17, 15) is 4.79 Å². The fourth-order valence-electron chi connectivity index (χ4n) is 1.04. The third-order valence-electron chi connectivity index (χ3n) is 1.74. The lowest BCUT2D eigenvalue weighted by atomic mass is 10.4. The van der Waals surface area contributed by atoms with Crippen molar-refractivity contribution in [1.29, 1.82) is 0 Å². The van der Waals surface area contributed by atoms with E-state index in [4.69, 9.17) is 16.2 Å². The zero-order chi connectivity index (χ0) is 12.0. The van der Waals surface area contributed by atoms with Crippen LogP contribution in [0.1, 0.15) is 0 Å². The number of nitrogens with zero attached hydrogens (tertiary/aromatic N) is 1. The Morgan fingerprint density at radius 3 is 2.94 bits per heavy atom. The molecule has 7 nitrogen and oxygen atoms in total. The van der Waals surface area contributed by atoms with E-state index in [1.165, 1.54) is 7.11 Å². The highest BCUT2D eigenvalue weighted by Crippen LogP contribution is 2.19. The van der Waals surface area contributed by atoms with Gasteiger partial charge < -0.3 is 26.3 Å². The molecular formula is C9H14N4O3. The first-order chi connectivity index (χ1) is 7.63. The molecule has 0 saturated carbocycles. The first-order valence-electron chi connectivity index (χ1n) is 4.60. The van der Waals surface area contributed by atoms with Crippen LogP contribution in [-0.4, -0.2) is 31.3 Å². The van der Waals surface area contributed by atoms with E-state index in [0.717, 1.165) is 0 Å². The quantitative estimate of drug-likeness (QED) is 0.617. The van der Waals surface area contributed by atoms with Crippen LogP contribution in [0.2, 0.25) is 0 Å². The summed E-state index contributed by atoms with van der Waals surface area (Å²) in [6.45, 7) is 0.576. The molecule has 0 saturated heterocycles. The highest BCUT2D eigenvalue weighted by Gasteiger charge is 2.02. The molecule has 0 aromatic carbocycles. The topological polar surface area (TPSA) is 112 Å². The Hall–Kier alpha value is -2.18. The number of methoxy groups -OCH3 is 1. The van der Waals surface area contributed by atoms with Gasteiger partial charge in [0.15, 0.2) is 0 Å². The lowest BCUT2D eigenvalue weighted by molar-refractivity contribution is 0.161. The van der Waals surface area contributed by atoms with Crippen molar-refractivity contribution in [2.45, 2.75) is 0 Å². The number of aromatic nitrogens is 1. The van der Waals surface area contributed by atoms with E-state index in [-0.39, 0.29) is 6.61 Å². The van der Waals surface area contributed by atoms with Gasteiger partial charge in [-0.1, -0.05) is 0 Å². The summed E-state index contributed by atoms with van der Waals surface area (Å²) in [7, 11) is 1.48. The van der Waals surface area contributed by atoms with Gasteiger partial charge in [-0.3, -0.25) is 0 Å². The number of carbonyl (C=O) groups excluding carboxylic acids is 1. The molecule has 1 aromatic rings. The summed E-state index contributed by atoms with van der Waals surface area (Å²) in [4.78, 5) is 14.4. The number of primary amides is 1. The minimum atomic E-state index is -0.801. The lowest BCUT2D eigenvalue weighted by Crippen LogP contribution is -2.18. The number of ether oxygens (including phenoxy) is 2. The largest absolute Gasteiger partial charge is 0.479 e. The van der Waals surface area contributed by atoms with Crippen molar-refractivity contribution in [1.82, 2.24) is 4.98 Å². The van der Waals surface area contributed by atoms with Crippen molar-refractivity contribution in [3.8, 4) is 5.88 Å². The number of rotatable bonds is 5. The molecule has 16 heavy (non-hydrogen) atoms. The Balaban J connectivity index is 2.45. The number of anilines is 2. The van der Waals surface area contributed by atoms with Crippen LogP contribution in [0.25, 0.3) is 0 Å². The molecule has 0 aliphatic heterocycles. The number of carbonyl (C=O) groups is 1. The lowest BCUT2D eigenvalue weighted by Gasteiger charge is -2.08. The summed E-state index contributed by atoms with van der Waals surface area (Å²) in [5.74, 6) is 0.931. The second-order valence-corrected chi connectivity index (χ2v) is 2.89. The van der Waals surface area contributed by atoms with Crippen LogP contribution in [0.3, 0.4) is 0 Å². The molecule has 1 aromatic heterocycles. The zero-order valence-electron chi connectivity index (χ0n) is 8.90. The van der Waals surface area contributed by atoms with E-state index in [1.807, 2.05) is 0 Å². The smallest absolute Gasteiger partial charge is 0.404 e. The van der Waals surface area contributed by atoms with Crippen LogP contribution in [-0.2, 0) is 4.74 Å². The van der Waals surface area contributed by atoms with Gasteiger partial charge in [0, 0.05) is 0 Å². The molecule has 5 N–H and O–H groups in total. The van der Waals surface area contributed by atoms with Crippen molar-refractivity contribution >= 4 is 17.6 Å². The molecule has 88 valence electrons. The van der Waals surface area contributed by atoms with Gasteiger partial charge in [-0.2, -0.15) is 4.98 Å². The number of nitrogens with one attached hydrogen (secondary N) is 1. The predicted molar refractivity (Wildman–Crippen MR) is 59.2 cm³/mol. The molecule has 1 rings (SSSR count). The zero-order valence-corrected chi connectivity index (χ0v) is 8.90. The third kappa shape index (κ3) is 3.52. The second kappa shape index (κ2) is 5.64. The maximum atomic E-state index is 10.3. The molecule has 0 spiro atoms. The molecule has 1 heterocycles. The third-order valence-corrected chi connectivity index (χ3v) is 1.74. The number of nitrogens with two attached hydrogens (primary N) is 2. The van der Waals surface area contributed by atoms with Gasteiger partial charge >= 0.3 is 6.09 Å². The number of pyridine rings is 1. The van der Waals surface area contributed by atoms with E-state index in [2.05, 4.69) is 15.0 Å². The molecule has 0 fully saturated rings. The van der Waals surface area contributed by atoms with Crippen molar-refractivity contribution in [2.24, 2.45) is 5.73 Å². The molecule has 0 unspecified atom stereocenters. The van der Waals surface area contributed by atoms with Gasteiger partial charge in [-0.25, -0.2) is 4.79 Å². The summed E-state index contributed by atoms with van der Waals surface area (Å²) < 4.78 is 9.49. The predicted octanol–water partition coefficient (Wildman–Crippen LogP) is 0.180. The fraction of sp³-hybridized carbons (Fsp3) is 0.333. The summed E-state index contributed by atoms with van der Waals surface area (Å²) in [6, 6.07) is 3.37. The number of hydrogen-bond donors (Lipinski definition) is 3. The van der Waals surface area contributed by atoms with E-state index in [1.54, 1.807) is 12.1 Å². The maximum Gasteiger partial charge on any atom is 0.404 e. The Morgan fingerprint density at radius 1 is 1.56 bits per heavy atom. The molecular weight excluding hydrogens is 212 g/mol. The Labute approximate surface area is 92.7 Å². The standard InChI is InChI=1S/C9H14N4O3/c1-15-8-6(10)2-3-7(13-8)12-4-5-16-9(11)14/h2-3H,4-5,10H2,1H3,(H2,11,14)(H,12,13). The molecule has 0 radical (unpaired) electrons. The maximum absolute atomic E-state index is 10.3. The van der Waals surface area contributed by atoms with Crippen LogP contribution >= 0.6 is 0 Å². The van der Waals surface area contributed by atoms with E-state index in [0.29, 0.717) is 23.9 Å². The normalized spacial score (nSPS) is 9.56. The minimum absolute atomic E-state index is 0.170. The molecule has 0 bridgehead atoms. The molecule has 0 aliphatic carbocycles. The van der Waals surface area contributed by atoms with Gasteiger partial charge in [-0.15, -0.1) is 0 Å². The molecule has 0 aliphatic rings. The Bertz CT molecular complexity index is 370. The summed E-state index contributed by atoms with van der Waals surface area (Å²) in [5.41, 5.74) is 10.8. The van der Waals surface area contributed by atoms with Crippen LogP contribution in [0.5, 0.6) is 5.88 Å². The summed E-state index contributed by atoms with van der Waals surface area (Å²) in [6.07, 6.45) is -0.801. The first-order valence-corrected chi connectivity index (χ1v) is 4.60. The fourth-order valence-corrected chi connectivity index (χ4v) is 1.04. The highest BCUT2D eigenvalue weighted by molar-refractivity contribution is 5.64. The van der Waals surface area contributed by atoms with Crippen molar-refractivity contribution < 1.29 is 14.3 Å². The second-order valence-electron chi connectivity index (χ2n) is 2.89. The number of amides is 1. The van der Waals surface area contributed by atoms with Gasteiger partial charge in [0.1, 0.15) is 12.4 Å². The van der Waals surface area contributed by atoms with Crippen LogP contribution in [0.15, 0.2) is 12.1 Å². The first kappa shape index (κ1) is 11.9. The average molecular weight is 226 g/mol. The highest BCUT2D eigenvalue weighted by atomic mass is 16.5. The SMILES string of the molecule is COc1nc(NCCOC(N)=O)ccc1N. The summed E-state index contributed by atoms with van der Waals surface area (Å²) >= 11 is 0. The number of hydrogen-bond acceptors (Lipinski definition) is 6. The van der Waals surface area contributed by atoms with Crippen molar-refractivity contribution in [3.05, 3.63) is 12.1 Å². The monoisotopic (exact) mass is 226 g/mol. The van der Waals surface area contributed by atoms with Gasteiger partial charge in [-0.05, 0) is 12.1 Å². The molecule has 0 atom stereocenters. The summed E-state index contributed by atoms with van der Waals surface area (Å²) in [5, 5.41) is 2.92. The Kier molecular flexibility index (Phi) is 4.19. The van der Waals surface area contributed by atoms with E-state index >= 15 is 0 Å². The minimum Gasteiger partial charge on any atom is -0.479 e. The van der Waals surface area contributed by atoms with Crippen molar-refractivity contribution in [2.75, 3.05) is 31.3 Å². The van der Waals surface area contributed by atoms with Gasteiger partial charge in [0.25, 0.3) is 0 Å². The molecule has 7 heteroatoms. The van der Waals surface area contributed by atoms with Gasteiger partial charge in [0.2, 0.25) is 5.88 Å². The number of nitrogen functional groups attached to an aromatic ring is 1. The molecule has 1 amide bonds.